The van der Waals surface area contributed by atoms with E-state index >= 15 is 0 Å². The average Bonchev–Trinajstić information content (AvgIpc) is 2.78. The molecule has 0 aliphatic heterocycles. The zero-order chi connectivity index (χ0) is 11.9. The predicted octanol–water partition coefficient (Wildman–Crippen LogP) is 1.81. The molecule has 0 saturated heterocycles. The van der Waals surface area contributed by atoms with Crippen LogP contribution in [0.3, 0.4) is 0 Å². The Hall–Kier alpha value is -1.71. The first-order chi connectivity index (χ1) is 7.35. The van der Waals surface area contributed by atoms with Crippen LogP contribution in [0.2, 0.25) is 0 Å². The number of ether oxygens (including phenoxy) is 1. The minimum absolute atomic E-state index is 0.301. The van der Waals surface area contributed by atoms with Gasteiger partial charge in [0.15, 0.2) is 0 Å². The number of nitrogens with two attached hydrogens (primary N) is 1. The number of nitrogens with one attached hydrogen (secondary N) is 1. The highest BCUT2D eigenvalue weighted by Gasteiger charge is 2.29. The van der Waals surface area contributed by atoms with Crippen molar-refractivity contribution in [3.8, 4) is 0 Å². The Morgan fingerprint density at radius 2 is 2.12 bits per heavy atom. The van der Waals surface area contributed by atoms with Crippen LogP contribution in [0.4, 0.5) is 4.79 Å². The maximum absolute atomic E-state index is 11.5. The first kappa shape index (κ1) is 10.8. The monoisotopic (exact) mass is 220 g/mol. The Kier molecular flexibility index (Phi) is 2.30. The van der Waals surface area contributed by atoms with Crippen molar-refractivity contribution < 1.29 is 9.53 Å². The van der Waals surface area contributed by atoms with E-state index in [0.29, 0.717) is 11.6 Å². The van der Waals surface area contributed by atoms with Gasteiger partial charge in [0.2, 0.25) is 0 Å². The van der Waals surface area contributed by atoms with Gasteiger partial charge in [-0.05, 0) is 38.5 Å². The van der Waals surface area contributed by atoms with E-state index in [0.717, 1.165) is 11.3 Å². The zero-order valence-corrected chi connectivity index (χ0v) is 9.70. The van der Waals surface area contributed by atoms with Crippen molar-refractivity contribution in [1.82, 2.24) is 5.32 Å². The number of hydrogen-bond donors (Lipinski definition) is 2. The molecule has 2 aliphatic carbocycles. The molecule has 0 aromatic rings. The lowest BCUT2D eigenvalue weighted by atomic mass is 10.1. The van der Waals surface area contributed by atoms with Crippen molar-refractivity contribution in [3.05, 3.63) is 35.2 Å². The predicted molar refractivity (Wildman–Crippen MR) is 61.3 cm³/mol. The number of hydrogen-bond acceptors (Lipinski definition) is 3. The molecule has 0 heterocycles. The molecule has 16 heavy (non-hydrogen) atoms. The molecule has 2 aliphatic rings. The molecule has 0 radical (unpaired) electrons. The van der Waals surface area contributed by atoms with Crippen molar-refractivity contribution in [2.75, 3.05) is 0 Å². The topological polar surface area (TPSA) is 64.3 Å². The molecule has 86 valence electrons. The van der Waals surface area contributed by atoms with E-state index in [-0.39, 0.29) is 0 Å². The van der Waals surface area contributed by atoms with Gasteiger partial charge in [0.25, 0.3) is 0 Å². The number of rotatable bonds is 1. The minimum Gasteiger partial charge on any atom is -0.444 e. The van der Waals surface area contributed by atoms with Gasteiger partial charge < -0.3 is 10.5 Å². The van der Waals surface area contributed by atoms with E-state index in [1.54, 1.807) is 6.08 Å². The van der Waals surface area contributed by atoms with Crippen LogP contribution in [0.15, 0.2) is 35.2 Å². The largest absolute Gasteiger partial charge is 0.444 e. The van der Waals surface area contributed by atoms with Gasteiger partial charge in [0, 0.05) is 17.3 Å². The molecule has 0 fully saturated rings. The van der Waals surface area contributed by atoms with Crippen LogP contribution in [0.25, 0.3) is 0 Å². The number of carbonyl (C=O) groups is 1. The third-order valence-electron chi connectivity index (χ3n) is 2.26. The first-order valence-corrected chi connectivity index (χ1v) is 5.26. The quantitative estimate of drug-likeness (QED) is 0.708. The van der Waals surface area contributed by atoms with E-state index in [1.165, 1.54) is 0 Å². The van der Waals surface area contributed by atoms with Gasteiger partial charge in [0.05, 0.1) is 0 Å². The summed E-state index contributed by atoms with van der Waals surface area (Å²) in [5.41, 5.74) is 7.86. The summed E-state index contributed by atoms with van der Waals surface area (Å²) in [7, 11) is 0. The van der Waals surface area contributed by atoms with E-state index in [2.05, 4.69) is 11.4 Å². The second-order valence-electron chi connectivity index (χ2n) is 5.00. The third kappa shape index (κ3) is 2.45. The fourth-order valence-corrected chi connectivity index (χ4v) is 1.56. The van der Waals surface area contributed by atoms with Crippen LogP contribution in [0, 0.1) is 5.92 Å². The average molecular weight is 220 g/mol. The summed E-state index contributed by atoms with van der Waals surface area (Å²) >= 11 is 0. The van der Waals surface area contributed by atoms with Gasteiger partial charge in [-0.3, -0.25) is 5.32 Å². The van der Waals surface area contributed by atoms with Crippen LogP contribution < -0.4 is 11.1 Å². The normalized spacial score (nSPS) is 22.4. The Morgan fingerprint density at radius 1 is 1.44 bits per heavy atom. The van der Waals surface area contributed by atoms with Crippen molar-refractivity contribution in [2.24, 2.45) is 11.7 Å². The molecule has 4 nitrogen and oxygen atoms in total. The molecule has 3 N–H and O–H groups in total. The molecule has 0 bridgehead atoms. The molecular formula is C12H16N2O2. The Balaban J connectivity index is 1.94. The van der Waals surface area contributed by atoms with Crippen molar-refractivity contribution >= 4 is 6.09 Å². The van der Waals surface area contributed by atoms with E-state index in [4.69, 9.17) is 10.5 Å². The van der Waals surface area contributed by atoms with Gasteiger partial charge in [-0.25, -0.2) is 4.79 Å². The van der Waals surface area contributed by atoms with Crippen molar-refractivity contribution in [3.63, 3.8) is 0 Å². The van der Waals surface area contributed by atoms with Crippen molar-refractivity contribution in [2.45, 2.75) is 26.4 Å². The smallest absolute Gasteiger partial charge is 0.412 e. The summed E-state index contributed by atoms with van der Waals surface area (Å²) < 4.78 is 5.15. The number of carbonyl (C=O) groups excluding carboxylic acids is 1. The number of allylic oxidation sites excluding steroid dienone is 4. The van der Waals surface area contributed by atoms with Crippen LogP contribution >= 0.6 is 0 Å². The summed E-state index contributed by atoms with van der Waals surface area (Å²) in [5.74, 6) is 0.301. The van der Waals surface area contributed by atoms with Crippen LogP contribution in [0.1, 0.15) is 20.8 Å². The van der Waals surface area contributed by atoms with Gasteiger partial charge in [-0.1, -0.05) is 6.08 Å². The highest BCUT2D eigenvalue weighted by Crippen LogP contribution is 2.38. The zero-order valence-electron chi connectivity index (χ0n) is 9.70. The van der Waals surface area contributed by atoms with E-state index in [9.17, 15) is 4.79 Å². The fourth-order valence-electron chi connectivity index (χ4n) is 1.56. The summed E-state index contributed by atoms with van der Waals surface area (Å²) in [6.07, 6.45) is 5.30. The number of fused-ring (bicyclic) bond motifs is 1. The second-order valence-corrected chi connectivity index (χ2v) is 5.00. The van der Waals surface area contributed by atoms with Gasteiger partial charge in [0.1, 0.15) is 5.60 Å². The van der Waals surface area contributed by atoms with Crippen molar-refractivity contribution in [1.29, 1.82) is 0 Å². The SMILES string of the molecule is CC(C)(C)OC(=O)NC1=C[C@H]2C=C2C(N)=C1. The standard InChI is InChI=1S/C12H16N2O2/c1-12(2,3)16-11(15)14-8-4-7-5-9(7)10(13)6-8/h4-7H,13H2,1-3H3,(H,14,15)/t7-/m0/s1. The summed E-state index contributed by atoms with van der Waals surface area (Å²) in [4.78, 5) is 11.5. The lowest BCUT2D eigenvalue weighted by Crippen LogP contribution is -2.32. The summed E-state index contributed by atoms with van der Waals surface area (Å²) in [5, 5.41) is 2.67. The van der Waals surface area contributed by atoms with Crippen LogP contribution in [-0.2, 0) is 4.74 Å². The van der Waals surface area contributed by atoms with E-state index in [1.807, 2.05) is 26.8 Å². The Bertz CT molecular complexity index is 425. The highest BCUT2D eigenvalue weighted by atomic mass is 16.6. The molecule has 2 rings (SSSR count). The molecule has 0 unspecified atom stereocenters. The molecule has 1 amide bonds. The summed E-state index contributed by atoms with van der Waals surface area (Å²) in [6, 6.07) is 0. The summed E-state index contributed by atoms with van der Waals surface area (Å²) in [6.45, 7) is 5.48. The van der Waals surface area contributed by atoms with Gasteiger partial charge >= 0.3 is 6.09 Å². The molecule has 0 aromatic heterocycles. The molecule has 0 aromatic carbocycles. The van der Waals surface area contributed by atoms with Gasteiger partial charge in [-0.15, -0.1) is 0 Å². The highest BCUT2D eigenvalue weighted by molar-refractivity contribution is 5.72. The lowest BCUT2D eigenvalue weighted by Gasteiger charge is -2.20. The van der Waals surface area contributed by atoms with Crippen LogP contribution in [0.5, 0.6) is 0 Å². The first-order valence-electron chi connectivity index (χ1n) is 5.26. The maximum atomic E-state index is 11.5. The molecule has 0 saturated carbocycles. The molecule has 0 spiro atoms. The molecule has 4 heteroatoms. The lowest BCUT2D eigenvalue weighted by molar-refractivity contribution is 0.0547. The second kappa shape index (κ2) is 3.40. The Morgan fingerprint density at radius 3 is 2.69 bits per heavy atom. The number of amides is 1. The third-order valence-corrected chi connectivity index (χ3v) is 2.26. The fraction of sp³-hybridized carbons (Fsp3) is 0.417. The molecular weight excluding hydrogens is 204 g/mol. The minimum atomic E-state index is -0.489. The van der Waals surface area contributed by atoms with Gasteiger partial charge in [-0.2, -0.15) is 0 Å². The Labute approximate surface area is 94.8 Å². The van der Waals surface area contributed by atoms with Crippen LogP contribution in [-0.4, -0.2) is 11.7 Å². The van der Waals surface area contributed by atoms with E-state index < -0.39 is 11.7 Å². The number of alkyl carbamates (subject to hydrolysis) is 1. The maximum Gasteiger partial charge on any atom is 0.412 e. The molecule has 1 atom stereocenters.